The molecule has 1 aliphatic rings. The van der Waals surface area contributed by atoms with Crippen LogP contribution in [0.1, 0.15) is 54.6 Å². The molecule has 0 spiro atoms. The average Bonchev–Trinajstić information content (AvgIpc) is 2.57. The fourth-order valence-electron chi connectivity index (χ4n) is 3.10. The van der Waals surface area contributed by atoms with Gasteiger partial charge in [-0.1, -0.05) is 0 Å². The molecule has 1 saturated heterocycles. The number of hydrogen-bond acceptors (Lipinski definition) is 5. The second-order valence-corrected chi connectivity index (χ2v) is 7.75. The highest BCUT2D eigenvalue weighted by atomic mass is 16.3. The number of nitrogen functional groups attached to an aromatic ring is 1. The lowest BCUT2D eigenvalue weighted by molar-refractivity contribution is 0.0693. The number of aliphatic imine (C=N–C) groups is 1. The molecule has 1 aliphatic heterocycles. The molecule has 6 nitrogen and oxygen atoms in total. The zero-order valence-corrected chi connectivity index (χ0v) is 16.1. The summed E-state index contributed by atoms with van der Waals surface area (Å²) in [6, 6.07) is 3.50. The molecule has 1 amide bonds. The highest BCUT2D eigenvalue weighted by Crippen LogP contribution is 2.20. The third-order valence-corrected chi connectivity index (χ3v) is 4.86. The van der Waals surface area contributed by atoms with Crippen LogP contribution in [0.4, 0.5) is 5.69 Å². The number of amides is 1. The molecule has 1 aromatic carbocycles. The minimum Gasteiger partial charge on any atom is -0.398 e. The first-order chi connectivity index (χ1) is 12.3. The van der Waals surface area contributed by atoms with Crippen LogP contribution in [0.25, 0.3) is 0 Å². The molecule has 0 bridgehead atoms. The SMILES string of the molecule is Cc1c(C(=O)NCCC(C)(C)O)ccc(N)c1C=NCC1CCNCC1. The van der Waals surface area contributed by atoms with Gasteiger partial charge in [0.15, 0.2) is 0 Å². The number of carbonyl (C=O) groups excluding carboxylic acids is 1. The maximum absolute atomic E-state index is 12.5. The lowest BCUT2D eigenvalue weighted by Crippen LogP contribution is -2.31. The summed E-state index contributed by atoms with van der Waals surface area (Å²) in [5.41, 5.74) is 8.18. The quantitative estimate of drug-likeness (QED) is 0.441. The van der Waals surface area contributed by atoms with Gasteiger partial charge >= 0.3 is 0 Å². The molecule has 6 heteroatoms. The zero-order chi connectivity index (χ0) is 19.2. The van der Waals surface area contributed by atoms with Gasteiger partial charge in [0.2, 0.25) is 0 Å². The van der Waals surface area contributed by atoms with Crippen molar-refractivity contribution >= 4 is 17.8 Å². The van der Waals surface area contributed by atoms with E-state index in [1.165, 1.54) is 0 Å². The molecular formula is C20H32N4O2. The first-order valence-electron chi connectivity index (χ1n) is 9.38. The summed E-state index contributed by atoms with van der Waals surface area (Å²) in [5, 5.41) is 16.0. The van der Waals surface area contributed by atoms with Crippen molar-refractivity contribution in [2.45, 2.75) is 45.6 Å². The van der Waals surface area contributed by atoms with Gasteiger partial charge in [-0.25, -0.2) is 0 Å². The van der Waals surface area contributed by atoms with Crippen LogP contribution in [0.5, 0.6) is 0 Å². The van der Waals surface area contributed by atoms with Crippen LogP contribution in [-0.2, 0) is 0 Å². The number of aliphatic hydroxyl groups is 1. The minimum atomic E-state index is -0.796. The van der Waals surface area contributed by atoms with E-state index >= 15 is 0 Å². The van der Waals surface area contributed by atoms with E-state index < -0.39 is 5.60 Å². The van der Waals surface area contributed by atoms with Crippen molar-refractivity contribution in [2.75, 3.05) is 31.9 Å². The number of nitrogens with zero attached hydrogens (tertiary/aromatic N) is 1. The van der Waals surface area contributed by atoms with E-state index in [0.717, 1.165) is 43.6 Å². The van der Waals surface area contributed by atoms with Gasteiger partial charge in [-0.2, -0.15) is 0 Å². The molecule has 0 aliphatic carbocycles. The second-order valence-electron chi connectivity index (χ2n) is 7.75. The number of hydrogen-bond donors (Lipinski definition) is 4. The molecule has 5 N–H and O–H groups in total. The first-order valence-corrected chi connectivity index (χ1v) is 9.38. The Morgan fingerprint density at radius 1 is 1.42 bits per heavy atom. The van der Waals surface area contributed by atoms with Gasteiger partial charge in [0.05, 0.1) is 5.60 Å². The van der Waals surface area contributed by atoms with Gasteiger partial charge < -0.3 is 21.5 Å². The Balaban J connectivity index is 2.03. The van der Waals surface area contributed by atoms with Gasteiger partial charge in [0.1, 0.15) is 0 Å². The van der Waals surface area contributed by atoms with Crippen LogP contribution in [0, 0.1) is 12.8 Å². The van der Waals surface area contributed by atoms with Crippen LogP contribution < -0.4 is 16.4 Å². The van der Waals surface area contributed by atoms with Crippen molar-refractivity contribution in [1.29, 1.82) is 0 Å². The van der Waals surface area contributed by atoms with Crippen LogP contribution in [0.15, 0.2) is 17.1 Å². The number of nitrogens with two attached hydrogens (primary N) is 1. The molecule has 0 atom stereocenters. The van der Waals surface area contributed by atoms with Crippen LogP contribution in [-0.4, -0.2) is 49.0 Å². The Kier molecular flexibility index (Phi) is 7.17. The van der Waals surface area contributed by atoms with Crippen molar-refractivity contribution < 1.29 is 9.90 Å². The normalized spacial score (nSPS) is 16.2. The Labute approximate surface area is 156 Å². The monoisotopic (exact) mass is 360 g/mol. The Morgan fingerprint density at radius 2 is 2.12 bits per heavy atom. The fraction of sp³-hybridized carbons (Fsp3) is 0.600. The van der Waals surface area contributed by atoms with Crippen LogP contribution in [0.2, 0.25) is 0 Å². The van der Waals surface area contributed by atoms with Crippen molar-refractivity contribution in [3.05, 3.63) is 28.8 Å². The molecule has 1 heterocycles. The molecular weight excluding hydrogens is 328 g/mol. The van der Waals surface area contributed by atoms with Crippen molar-refractivity contribution in [1.82, 2.24) is 10.6 Å². The summed E-state index contributed by atoms with van der Waals surface area (Å²) >= 11 is 0. The predicted molar refractivity (Wildman–Crippen MR) is 107 cm³/mol. The predicted octanol–water partition coefficient (Wildman–Crippen LogP) is 1.89. The molecule has 1 fully saturated rings. The maximum Gasteiger partial charge on any atom is 0.251 e. The molecule has 0 radical (unpaired) electrons. The molecule has 0 unspecified atom stereocenters. The Morgan fingerprint density at radius 3 is 2.77 bits per heavy atom. The summed E-state index contributed by atoms with van der Waals surface area (Å²) in [6.45, 7) is 8.68. The van der Waals surface area contributed by atoms with Gasteiger partial charge in [0, 0.05) is 36.1 Å². The molecule has 1 aromatic rings. The maximum atomic E-state index is 12.5. The van der Waals surface area contributed by atoms with Crippen LogP contribution >= 0.6 is 0 Å². The average molecular weight is 361 g/mol. The third kappa shape index (κ3) is 6.11. The van der Waals surface area contributed by atoms with E-state index in [4.69, 9.17) is 5.73 Å². The molecule has 0 aromatic heterocycles. The van der Waals surface area contributed by atoms with E-state index in [0.29, 0.717) is 30.1 Å². The molecule has 26 heavy (non-hydrogen) atoms. The summed E-state index contributed by atoms with van der Waals surface area (Å²) < 4.78 is 0. The third-order valence-electron chi connectivity index (χ3n) is 4.86. The lowest BCUT2D eigenvalue weighted by atomic mass is 9.98. The summed E-state index contributed by atoms with van der Waals surface area (Å²) in [6.07, 6.45) is 4.60. The topological polar surface area (TPSA) is 99.7 Å². The van der Waals surface area contributed by atoms with Crippen molar-refractivity contribution in [2.24, 2.45) is 10.9 Å². The Hall–Kier alpha value is -1.92. The van der Waals surface area contributed by atoms with Gasteiger partial charge in [-0.05, 0) is 76.7 Å². The molecule has 144 valence electrons. The summed E-state index contributed by atoms with van der Waals surface area (Å²) in [7, 11) is 0. The number of benzene rings is 1. The second kappa shape index (κ2) is 9.14. The zero-order valence-electron chi connectivity index (χ0n) is 16.1. The summed E-state index contributed by atoms with van der Waals surface area (Å²) in [5.74, 6) is 0.460. The smallest absolute Gasteiger partial charge is 0.251 e. The van der Waals surface area contributed by atoms with E-state index in [1.54, 1.807) is 32.2 Å². The number of piperidine rings is 1. The number of nitrogens with one attached hydrogen (secondary N) is 2. The van der Waals surface area contributed by atoms with Gasteiger partial charge in [-0.3, -0.25) is 9.79 Å². The molecule has 0 saturated carbocycles. The Bertz CT molecular complexity index is 644. The van der Waals surface area contributed by atoms with Crippen molar-refractivity contribution in [3.8, 4) is 0 Å². The number of rotatable bonds is 7. The first kappa shape index (κ1) is 20.4. The van der Waals surface area contributed by atoms with E-state index in [2.05, 4.69) is 15.6 Å². The highest BCUT2D eigenvalue weighted by molar-refractivity contribution is 6.00. The minimum absolute atomic E-state index is 0.153. The van der Waals surface area contributed by atoms with Gasteiger partial charge in [-0.15, -0.1) is 0 Å². The van der Waals surface area contributed by atoms with Gasteiger partial charge in [0.25, 0.3) is 5.91 Å². The van der Waals surface area contributed by atoms with E-state index in [9.17, 15) is 9.90 Å². The summed E-state index contributed by atoms with van der Waals surface area (Å²) in [4.78, 5) is 17.0. The molecule has 2 rings (SSSR count). The number of carbonyl (C=O) groups is 1. The van der Waals surface area contributed by atoms with E-state index in [-0.39, 0.29) is 5.91 Å². The van der Waals surface area contributed by atoms with Crippen LogP contribution in [0.3, 0.4) is 0 Å². The van der Waals surface area contributed by atoms with E-state index in [1.807, 2.05) is 6.92 Å². The fourth-order valence-corrected chi connectivity index (χ4v) is 3.10. The largest absolute Gasteiger partial charge is 0.398 e. The highest BCUT2D eigenvalue weighted by Gasteiger charge is 2.16. The lowest BCUT2D eigenvalue weighted by Gasteiger charge is -2.20. The standard InChI is InChI=1S/C20H32N4O2/c1-14-16(19(25)24-11-8-20(2,3)26)4-5-18(21)17(14)13-23-12-15-6-9-22-10-7-15/h4-5,13,15,22,26H,6-12,21H2,1-3H3,(H,24,25). The number of anilines is 1. The van der Waals surface area contributed by atoms with Crippen molar-refractivity contribution in [3.63, 3.8) is 0 Å².